The molecule has 0 saturated carbocycles. The van der Waals surface area contributed by atoms with Crippen LogP contribution in [-0.4, -0.2) is 29.0 Å². The fourth-order valence-corrected chi connectivity index (χ4v) is 4.16. The van der Waals surface area contributed by atoms with E-state index in [0.717, 1.165) is 18.7 Å². The highest BCUT2D eigenvalue weighted by Gasteiger charge is 2.22. The zero-order chi connectivity index (χ0) is 18.6. The first kappa shape index (κ1) is 17.5. The van der Waals surface area contributed by atoms with Gasteiger partial charge in [0.05, 0.1) is 23.3 Å². The van der Waals surface area contributed by atoms with Gasteiger partial charge in [-0.3, -0.25) is 9.78 Å². The summed E-state index contributed by atoms with van der Waals surface area (Å²) >= 11 is 1.80. The van der Waals surface area contributed by atoms with E-state index < -0.39 is 0 Å². The lowest BCUT2D eigenvalue weighted by molar-refractivity contribution is 0.0948. The number of anilines is 2. The Kier molecular flexibility index (Phi) is 5.07. The number of carbonyl (C=O) groups excluding carboxylic acids is 1. The van der Waals surface area contributed by atoms with E-state index in [-0.39, 0.29) is 5.91 Å². The summed E-state index contributed by atoms with van der Waals surface area (Å²) in [5.41, 5.74) is 3.59. The quantitative estimate of drug-likeness (QED) is 0.676. The van der Waals surface area contributed by atoms with E-state index in [0.29, 0.717) is 12.2 Å². The summed E-state index contributed by atoms with van der Waals surface area (Å²) in [6.07, 6.45) is 3.95. The molecule has 0 saturated heterocycles. The van der Waals surface area contributed by atoms with Crippen molar-refractivity contribution in [3.63, 3.8) is 0 Å². The van der Waals surface area contributed by atoms with Crippen LogP contribution in [0.2, 0.25) is 0 Å². The number of hydrogen-bond donors (Lipinski definition) is 1. The third-order valence-electron chi connectivity index (χ3n) is 4.39. The second-order valence-corrected chi connectivity index (χ2v) is 7.43. The second kappa shape index (κ2) is 7.80. The van der Waals surface area contributed by atoms with Crippen LogP contribution < -0.4 is 10.2 Å². The van der Waals surface area contributed by atoms with Gasteiger partial charge in [-0.2, -0.15) is 0 Å². The van der Waals surface area contributed by atoms with Crippen molar-refractivity contribution >= 4 is 29.0 Å². The van der Waals surface area contributed by atoms with Crippen LogP contribution in [0.1, 0.15) is 22.6 Å². The highest BCUT2D eigenvalue weighted by Crippen LogP contribution is 2.47. The summed E-state index contributed by atoms with van der Waals surface area (Å²) in [5, 5.41) is 2.93. The van der Waals surface area contributed by atoms with Crippen LogP contribution in [0.25, 0.3) is 0 Å². The molecule has 5 nitrogen and oxygen atoms in total. The number of para-hydroxylation sites is 2. The predicted molar refractivity (Wildman–Crippen MR) is 108 cm³/mol. The number of nitrogens with zero attached hydrogens (tertiary/aromatic N) is 3. The molecule has 0 aliphatic carbocycles. The molecule has 0 radical (unpaired) electrons. The molecule has 0 bridgehead atoms. The Hall–Kier alpha value is -2.86. The molecule has 3 aromatic rings. The summed E-state index contributed by atoms with van der Waals surface area (Å²) in [6.45, 7) is 3.26. The third kappa shape index (κ3) is 3.80. The normalized spacial score (nSPS) is 12.3. The number of carbonyl (C=O) groups is 1. The molecule has 1 amide bonds. The smallest absolute Gasteiger partial charge is 0.271 e. The standard InChI is InChI=1S/C21H20N4OS/c1-15-13-24-16(14-23-15)21(26)22-11-6-12-25-17-7-2-4-9-19(17)27-20-10-5-3-8-18(20)25/h2-5,7-10,13-14H,6,11-12H2,1H3,(H,22,26). The topological polar surface area (TPSA) is 58.1 Å². The molecule has 1 aromatic heterocycles. The number of rotatable bonds is 5. The van der Waals surface area contributed by atoms with E-state index in [1.807, 2.05) is 6.92 Å². The van der Waals surface area contributed by atoms with Crippen molar-refractivity contribution in [2.24, 2.45) is 0 Å². The van der Waals surface area contributed by atoms with E-state index in [1.165, 1.54) is 27.4 Å². The molecule has 1 aliphatic rings. The third-order valence-corrected chi connectivity index (χ3v) is 5.52. The van der Waals surface area contributed by atoms with Gasteiger partial charge in [0.15, 0.2) is 0 Å². The first-order valence-electron chi connectivity index (χ1n) is 8.93. The van der Waals surface area contributed by atoms with Gasteiger partial charge in [0, 0.05) is 29.1 Å². The second-order valence-electron chi connectivity index (χ2n) is 6.34. The molecule has 6 heteroatoms. The summed E-state index contributed by atoms with van der Waals surface area (Å²) in [5.74, 6) is -0.183. The van der Waals surface area contributed by atoms with E-state index in [9.17, 15) is 4.79 Å². The summed E-state index contributed by atoms with van der Waals surface area (Å²) in [7, 11) is 0. The van der Waals surface area contributed by atoms with E-state index in [2.05, 4.69) is 68.7 Å². The molecule has 27 heavy (non-hydrogen) atoms. The summed E-state index contributed by atoms with van der Waals surface area (Å²) in [4.78, 5) is 25.3. The van der Waals surface area contributed by atoms with Crippen LogP contribution in [-0.2, 0) is 0 Å². The monoisotopic (exact) mass is 376 g/mol. The van der Waals surface area contributed by atoms with Crippen molar-refractivity contribution in [1.82, 2.24) is 15.3 Å². The van der Waals surface area contributed by atoms with Gasteiger partial charge in [-0.1, -0.05) is 36.0 Å². The van der Waals surface area contributed by atoms with Gasteiger partial charge in [-0.05, 0) is 37.6 Å². The van der Waals surface area contributed by atoms with Crippen LogP contribution in [0.5, 0.6) is 0 Å². The fourth-order valence-electron chi connectivity index (χ4n) is 3.06. The van der Waals surface area contributed by atoms with Gasteiger partial charge in [-0.15, -0.1) is 0 Å². The largest absolute Gasteiger partial charge is 0.351 e. The summed E-state index contributed by atoms with van der Waals surface area (Å²) < 4.78 is 0. The van der Waals surface area contributed by atoms with Gasteiger partial charge in [0.25, 0.3) is 5.91 Å². The van der Waals surface area contributed by atoms with Gasteiger partial charge >= 0.3 is 0 Å². The molecule has 0 unspecified atom stereocenters. The number of benzene rings is 2. The fraction of sp³-hybridized carbons (Fsp3) is 0.190. The van der Waals surface area contributed by atoms with Crippen LogP contribution in [0.4, 0.5) is 11.4 Å². The maximum absolute atomic E-state index is 12.2. The number of hydrogen-bond acceptors (Lipinski definition) is 5. The van der Waals surface area contributed by atoms with E-state index in [4.69, 9.17) is 0 Å². The van der Waals surface area contributed by atoms with Gasteiger partial charge in [0.1, 0.15) is 5.69 Å². The lowest BCUT2D eigenvalue weighted by Crippen LogP contribution is -2.29. The Balaban J connectivity index is 1.41. The minimum Gasteiger partial charge on any atom is -0.351 e. The van der Waals surface area contributed by atoms with Crippen molar-refractivity contribution in [2.75, 3.05) is 18.0 Å². The Labute approximate surface area is 162 Å². The maximum atomic E-state index is 12.2. The Morgan fingerprint density at radius 2 is 1.67 bits per heavy atom. The van der Waals surface area contributed by atoms with Crippen molar-refractivity contribution in [1.29, 1.82) is 0 Å². The number of aromatic nitrogens is 2. The molecule has 0 atom stereocenters. The zero-order valence-electron chi connectivity index (χ0n) is 15.1. The molecule has 2 heterocycles. The number of nitrogens with one attached hydrogen (secondary N) is 1. The van der Waals surface area contributed by atoms with Gasteiger partial charge < -0.3 is 10.2 Å². The molecule has 2 aromatic carbocycles. The highest BCUT2D eigenvalue weighted by molar-refractivity contribution is 7.99. The highest BCUT2D eigenvalue weighted by atomic mass is 32.2. The molecule has 0 spiro atoms. The maximum Gasteiger partial charge on any atom is 0.271 e. The molecule has 4 rings (SSSR count). The molecule has 136 valence electrons. The summed E-state index contributed by atoms with van der Waals surface area (Å²) in [6, 6.07) is 16.9. The van der Waals surface area contributed by atoms with Gasteiger partial charge in [-0.25, -0.2) is 4.98 Å². The Morgan fingerprint density at radius 3 is 2.30 bits per heavy atom. The van der Waals surface area contributed by atoms with Crippen LogP contribution in [0, 0.1) is 6.92 Å². The predicted octanol–water partition coefficient (Wildman–Crippen LogP) is 4.21. The lowest BCUT2D eigenvalue weighted by atomic mass is 10.2. The Bertz CT molecular complexity index is 913. The molecule has 1 N–H and O–H groups in total. The average molecular weight is 376 g/mol. The minimum absolute atomic E-state index is 0.183. The first-order valence-corrected chi connectivity index (χ1v) is 9.74. The molecule has 1 aliphatic heterocycles. The number of aryl methyl sites for hydroxylation is 1. The first-order chi connectivity index (χ1) is 13.2. The molecular formula is C21H20N4OS. The number of amides is 1. The van der Waals surface area contributed by atoms with Crippen molar-refractivity contribution < 1.29 is 4.79 Å². The molecule has 0 fully saturated rings. The minimum atomic E-state index is -0.183. The van der Waals surface area contributed by atoms with Crippen molar-refractivity contribution in [3.8, 4) is 0 Å². The van der Waals surface area contributed by atoms with Gasteiger partial charge in [0.2, 0.25) is 0 Å². The lowest BCUT2D eigenvalue weighted by Gasteiger charge is -2.32. The van der Waals surface area contributed by atoms with Crippen LogP contribution in [0.15, 0.2) is 70.7 Å². The zero-order valence-corrected chi connectivity index (χ0v) is 15.9. The average Bonchev–Trinajstić information content (AvgIpc) is 2.70. The van der Waals surface area contributed by atoms with E-state index >= 15 is 0 Å². The van der Waals surface area contributed by atoms with Crippen molar-refractivity contribution in [3.05, 3.63) is 72.3 Å². The van der Waals surface area contributed by atoms with Crippen LogP contribution in [0.3, 0.4) is 0 Å². The Morgan fingerprint density at radius 1 is 1.00 bits per heavy atom. The molecular weight excluding hydrogens is 356 g/mol. The van der Waals surface area contributed by atoms with E-state index in [1.54, 1.807) is 18.0 Å². The van der Waals surface area contributed by atoms with Crippen molar-refractivity contribution in [2.45, 2.75) is 23.1 Å². The van der Waals surface area contributed by atoms with Crippen LogP contribution >= 0.6 is 11.8 Å². The SMILES string of the molecule is Cc1cnc(C(=O)NCCCN2c3ccccc3Sc3ccccc32)cn1. The number of fused-ring (bicyclic) bond motifs is 2.